The van der Waals surface area contributed by atoms with Crippen LogP contribution >= 0.6 is 11.3 Å². The second kappa shape index (κ2) is 8.16. The van der Waals surface area contributed by atoms with Crippen molar-refractivity contribution in [2.45, 2.75) is 32.9 Å². The summed E-state index contributed by atoms with van der Waals surface area (Å²) in [4.78, 5) is 36.1. The SMILES string of the molecule is CC(C)(C)OC(=O)NCc1ccc(-c2sc3c(C(=O)O)cccc3c(=O)c2O)cc1. The third-order valence-electron chi connectivity index (χ3n) is 4.18. The summed E-state index contributed by atoms with van der Waals surface area (Å²) in [5, 5.41) is 22.6. The molecule has 1 amide bonds. The van der Waals surface area contributed by atoms with E-state index in [4.69, 9.17) is 4.74 Å². The molecule has 0 fully saturated rings. The van der Waals surface area contributed by atoms with Gasteiger partial charge in [0.25, 0.3) is 0 Å². The smallest absolute Gasteiger partial charge is 0.407 e. The number of alkyl carbamates (subject to hydrolysis) is 1. The van der Waals surface area contributed by atoms with Gasteiger partial charge in [0.1, 0.15) is 5.60 Å². The minimum Gasteiger partial charge on any atom is -0.503 e. The number of hydrogen-bond donors (Lipinski definition) is 3. The fourth-order valence-electron chi connectivity index (χ4n) is 2.83. The summed E-state index contributed by atoms with van der Waals surface area (Å²) < 4.78 is 5.49. The lowest BCUT2D eigenvalue weighted by Gasteiger charge is -2.19. The number of amides is 1. The molecule has 0 radical (unpaired) electrons. The zero-order valence-electron chi connectivity index (χ0n) is 16.7. The van der Waals surface area contributed by atoms with E-state index in [1.54, 1.807) is 45.0 Å². The summed E-state index contributed by atoms with van der Waals surface area (Å²) >= 11 is 1.05. The fourth-order valence-corrected chi connectivity index (χ4v) is 4.02. The van der Waals surface area contributed by atoms with Crippen LogP contribution in [0.2, 0.25) is 0 Å². The molecule has 2 aromatic carbocycles. The van der Waals surface area contributed by atoms with E-state index in [-0.39, 0.29) is 22.4 Å². The van der Waals surface area contributed by atoms with Gasteiger partial charge in [0.05, 0.1) is 15.1 Å². The zero-order valence-corrected chi connectivity index (χ0v) is 17.5. The number of ether oxygens (including phenoxy) is 1. The van der Waals surface area contributed by atoms with Gasteiger partial charge < -0.3 is 20.3 Å². The average Bonchev–Trinajstić information content (AvgIpc) is 2.67. The molecule has 1 aromatic heterocycles. The van der Waals surface area contributed by atoms with Crippen molar-refractivity contribution in [3.05, 3.63) is 63.8 Å². The molecule has 0 aliphatic rings. The van der Waals surface area contributed by atoms with Crippen LogP contribution in [-0.2, 0) is 11.3 Å². The van der Waals surface area contributed by atoms with E-state index in [2.05, 4.69) is 5.32 Å². The lowest BCUT2D eigenvalue weighted by atomic mass is 10.1. The maximum atomic E-state index is 12.6. The number of carboxylic acid groups (broad SMARTS) is 1. The van der Waals surface area contributed by atoms with Gasteiger partial charge in [0, 0.05) is 11.9 Å². The van der Waals surface area contributed by atoms with Crippen LogP contribution in [-0.4, -0.2) is 27.9 Å². The molecule has 0 aliphatic heterocycles. The Kier molecular flexibility index (Phi) is 5.80. The first kappa shape index (κ1) is 21.3. The van der Waals surface area contributed by atoms with E-state index in [0.29, 0.717) is 10.3 Å². The molecule has 0 saturated heterocycles. The molecule has 7 nitrogen and oxygen atoms in total. The lowest BCUT2D eigenvalue weighted by Crippen LogP contribution is -2.32. The van der Waals surface area contributed by atoms with Crippen LogP contribution in [0.15, 0.2) is 47.3 Å². The van der Waals surface area contributed by atoms with Crippen LogP contribution in [0.1, 0.15) is 36.7 Å². The van der Waals surface area contributed by atoms with Crippen molar-refractivity contribution in [2.24, 2.45) is 0 Å². The Bertz CT molecular complexity index is 1180. The Balaban J connectivity index is 1.90. The van der Waals surface area contributed by atoms with E-state index in [0.717, 1.165) is 16.9 Å². The first-order chi connectivity index (χ1) is 14.1. The summed E-state index contributed by atoms with van der Waals surface area (Å²) in [6.45, 7) is 5.58. The second-order valence-electron chi connectivity index (χ2n) is 7.65. The van der Waals surface area contributed by atoms with Crippen molar-refractivity contribution in [3.63, 3.8) is 0 Å². The molecule has 0 spiro atoms. The Morgan fingerprint density at radius 2 is 1.77 bits per heavy atom. The van der Waals surface area contributed by atoms with Gasteiger partial charge in [0.15, 0.2) is 5.75 Å². The second-order valence-corrected chi connectivity index (χ2v) is 8.67. The highest BCUT2D eigenvalue weighted by molar-refractivity contribution is 7.22. The van der Waals surface area contributed by atoms with E-state index in [1.807, 2.05) is 0 Å². The Morgan fingerprint density at radius 3 is 2.37 bits per heavy atom. The zero-order chi connectivity index (χ0) is 22.1. The average molecular weight is 427 g/mol. The standard InChI is InChI=1S/C22H21NO6S/c1-22(2,3)29-21(28)23-11-12-7-9-13(10-8-12)18-17(25)16(24)14-5-4-6-15(20(26)27)19(14)30-18/h4-10,25H,11H2,1-3H3,(H,23,28)(H,26,27). The number of fused-ring (bicyclic) bond motifs is 1. The summed E-state index contributed by atoms with van der Waals surface area (Å²) in [5.74, 6) is -1.56. The molecule has 3 rings (SSSR count). The molecule has 156 valence electrons. The van der Waals surface area contributed by atoms with Crippen molar-refractivity contribution in [1.29, 1.82) is 0 Å². The van der Waals surface area contributed by atoms with E-state index < -0.39 is 28.8 Å². The minimum atomic E-state index is -1.14. The van der Waals surface area contributed by atoms with Crippen molar-refractivity contribution in [3.8, 4) is 16.2 Å². The molecule has 0 bridgehead atoms. The number of aromatic hydroxyl groups is 1. The number of benzene rings is 2. The number of carbonyl (C=O) groups is 2. The highest BCUT2D eigenvalue weighted by Crippen LogP contribution is 2.36. The molecule has 3 aromatic rings. The largest absolute Gasteiger partial charge is 0.503 e. The Labute approximate surface area is 176 Å². The van der Waals surface area contributed by atoms with Crippen LogP contribution < -0.4 is 10.7 Å². The van der Waals surface area contributed by atoms with Gasteiger partial charge >= 0.3 is 12.1 Å². The number of aromatic carboxylic acids is 1. The van der Waals surface area contributed by atoms with Crippen molar-refractivity contribution >= 4 is 33.5 Å². The molecule has 30 heavy (non-hydrogen) atoms. The quantitative estimate of drug-likeness (QED) is 0.570. The van der Waals surface area contributed by atoms with Crippen molar-refractivity contribution in [1.82, 2.24) is 5.32 Å². The van der Waals surface area contributed by atoms with Gasteiger partial charge in [-0.3, -0.25) is 4.79 Å². The number of carboxylic acids is 1. The summed E-state index contributed by atoms with van der Waals surface area (Å²) in [5.41, 5.74) is 0.168. The number of hydrogen-bond acceptors (Lipinski definition) is 6. The highest BCUT2D eigenvalue weighted by atomic mass is 32.1. The number of rotatable bonds is 4. The van der Waals surface area contributed by atoms with Crippen molar-refractivity contribution in [2.75, 3.05) is 0 Å². The van der Waals surface area contributed by atoms with E-state index in [9.17, 15) is 24.6 Å². The first-order valence-corrected chi connectivity index (χ1v) is 9.97. The highest BCUT2D eigenvalue weighted by Gasteiger charge is 2.18. The summed E-state index contributed by atoms with van der Waals surface area (Å²) in [6.07, 6.45) is -0.529. The van der Waals surface area contributed by atoms with Gasteiger partial charge in [0.2, 0.25) is 5.43 Å². The lowest BCUT2D eigenvalue weighted by molar-refractivity contribution is 0.0523. The third kappa shape index (κ3) is 4.60. The van der Waals surface area contributed by atoms with Crippen LogP contribution in [0, 0.1) is 0 Å². The van der Waals surface area contributed by atoms with Gasteiger partial charge in [-0.15, -0.1) is 11.3 Å². The molecule has 1 heterocycles. The van der Waals surface area contributed by atoms with Gasteiger partial charge in [-0.1, -0.05) is 30.3 Å². The molecular weight excluding hydrogens is 406 g/mol. The normalized spacial score (nSPS) is 11.3. The Hall–Kier alpha value is -3.39. The molecule has 0 atom stereocenters. The molecule has 3 N–H and O–H groups in total. The number of nitrogens with one attached hydrogen (secondary N) is 1. The van der Waals surface area contributed by atoms with Crippen molar-refractivity contribution < 1.29 is 24.5 Å². The van der Waals surface area contributed by atoms with Gasteiger partial charge in [-0.2, -0.15) is 0 Å². The first-order valence-electron chi connectivity index (χ1n) is 9.15. The maximum Gasteiger partial charge on any atom is 0.407 e. The maximum absolute atomic E-state index is 12.6. The fraction of sp³-hybridized carbons (Fsp3) is 0.227. The molecular formula is C22H21NO6S. The monoisotopic (exact) mass is 427 g/mol. The van der Waals surface area contributed by atoms with Crippen LogP contribution in [0.25, 0.3) is 20.5 Å². The third-order valence-corrected chi connectivity index (χ3v) is 5.45. The number of carbonyl (C=O) groups excluding carboxylic acids is 1. The van der Waals surface area contributed by atoms with E-state index >= 15 is 0 Å². The van der Waals surface area contributed by atoms with Gasteiger partial charge in [-0.25, -0.2) is 9.59 Å². The molecule has 8 heteroatoms. The van der Waals surface area contributed by atoms with E-state index in [1.165, 1.54) is 18.2 Å². The predicted octanol–water partition coefficient (Wildman–Crippen LogP) is 4.36. The topological polar surface area (TPSA) is 113 Å². The predicted molar refractivity (Wildman–Crippen MR) is 115 cm³/mol. The molecule has 0 saturated carbocycles. The summed E-state index contributed by atoms with van der Waals surface area (Å²) in [7, 11) is 0. The van der Waals surface area contributed by atoms with Crippen LogP contribution in [0.4, 0.5) is 4.79 Å². The van der Waals surface area contributed by atoms with Gasteiger partial charge in [-0.05, 0) is 44.0 Å². The Morgan fingerprint density at radius 1 is 1.10 bits per heavy atom. The summed E-state index contributed by atoms with van der Waals surface area (Å²) in [6, 6.07) is 11.3. The molecule has 0 aliphatic carbocycles. The van der Waals surface area contributed by atoms with Crippen LogP contribution in [0.5, 0.6) is 5.75 Å². The minimum absolute atomic E-state index is 0.00836. The molecule has 0 unspecified atom stereocenters. The van der Waals surface area contributed by atoms with Crippen LogP contribution in [0.3, 0.4) is 0 Å².